The lowest BCUT2D eigenvalue weighted by atomic mass is 9.96. The summed E-state index contributed by atoms with van der Waals surface area (Å²) in [4.78, 5) is 3.66. The Hall–Kier alpha value is -2.11. The molecule has 0 bridgehead atoms. The van der Waals surface area contributed by atoms with E-state index in [0.29, 0.717) is 11.4 Å². The number of aromatic nitrogens is 1. The fourth-order valence-electron chi connectivity index (χ4n) is 3.37. The van der Waals surface area contributed by atoms with Crippen molar-refractivity contribution in [1.82, 2.24) is 9.71 Å². The molecule has 2 N–H and O–H groups in total. The molecule has 5 heteroatoms. The Morgan fingerprint density at radius 2 is 1.79 bits per heavy atom. The molecular formula is C19H20N2O2S. The van der Waals surface area contributed by atoms with E-state index in [2.05, 4.69) is 15.8 Å². The zero-order valence-corrected chi connectivity index (χ0v) is 14.4. The van der Waals surface area contributed by atoms with Crippen molar-refractivity contribution in [2.45, 2.75) is 30.1 Å². The highest BCUT2D eigenvalue weighted by Crippen LogP contribution is 2.50. The zero-order valence-electron chi connectivity index (χ0n) is 13.5. The van der Waals surface area contributed by atoms with Crippen molar-refractivity contribution in [3.63, 3.8) is 0 Å². The fourth-order valence-corrected chi connectivity index (χ4v) is 4.74. The summed E-state index contributed by atoms with van der Waals surface area (Å²) in [5.41, 5.74) is 2.99. The number of H-pyrrole nitrogens is 1. The molecule has 3 aromatic rings. The van der Waals surface area contributed by atoms with Crippen LogP contribution in [0.4, 0.5) is 0 Å². The summed E-state index contributed by atoms with van der Waals surface area (Å²) in [5, 5.41) is 1.19. The summed E-state index contributed by atoms with van der Waals surface area (Å²) in [7, 11) is -3.49. The summed E-state index contributed by atoms with van der Waals surface area (Å²) >= 11 is 0. The molecule has 0 amide bonds. The van der Waals surface area contributed by atoms with E-state index in [4.69, 9.17) is 0 Å². The van der Waals surface area contributed by atoms with Crippen LogP contribution in [-0.4, -0.2) is 19.9 Å². The summed E-state index contributed by atoms with van der Waals surface area (Å²) in [6.45, 7) is 2.26. The molecule has 0 radical (unpaired) electrons. The van der Waals surface area contributed by atoms with Crippen LogP contribution < -0.4 is 4.72 Å². The van der Waals surface area contributed by atoms with E-state index in [9.17, 15) is 8.42 Å². The van der Waals surface area contributed by atoms with Gasteiger partial charge < -0.3 is 4.98 Å². The molecule has 1 aliphatic rings. The standard InChI is InChI=1S/C19H20N2O2S/c1-14-6-2-5-9-18(14)24(22,23)21-13-19(10-11-19)16-12-20-17-8-4-3-7-15(16)17/h2-9,12,20-21H,10-11,13H2,1H3. The normalized spacial score (nSPS) is 16.4. The van der Waals surface area contributed by atoms with Gasteiger partial charge in [0.15, 0.2) is 0 Å². The molecule has 1 aliphatic carbocycles. The van der Waals surface area contributed by atoms with Crippen molar-refractivity contribution in [2.75, 3.05) is 6.54 Å². The Bertz CT molecular complexity index is 1000. The first-order valence-electron chi connectivity index (χ1n) is 8.14. The monoisotopic (exact) mass is 340 g/mol. The molecule has 2 aromatic carbocycles. The van der Waals surface area contributed by atoms with Gasteiger partial charge in [0.1, 0.15) is 0 Å². The van der Waals surface area contributed by atoms with E-state index in [1.807, 2.05) is 43.5 Å². The fraction of sp³-hybridized carbons (Fsp3) is 0.263. The molecule has 1 saturated carbocycles. The van der Waals surface area contributed by atoms with Gasteiger partial charge in [-0.1, -0.05) is 36.4 Å². The van der Waals surface area contributed by atoms with Crippen molar-refractivity contribution in [3.05, 3.63) is 65.9 Å². The molecule has 0 unspecified atom stereocenters. The second kappa shape index (κ2) is 5.46. The van der Waals surface area contributed by atoms with Gasteiger partial charge in [0.05, 0.1) is 4.90 Å². The quantitative estimate of drug-likeness (QED) is 0.747. The maximum atomic E-state index is 12.6. The van der Waals surface area contributed by atoms with Crippen LogP contribution in [0.1, 0.15) is 24.0 Å². The van der Waals surface area contributed by atoms with E-state index >= 15 is 0 Å². The summed E-state index contributed by atoms with van der Waals surface area (Å²) in [5.74, 6) is 0. The SMILES string of the molecule is Cc1ccccc1S(=O)(=O)NCC1(c2c[nH]c3ccccc23)CC1. The van der Waals surface area contributed by atoms with Crippen molar-refractivity contribution in [3.8, 4) is 0 Å². The molecule has 1 heterocycles. The molecule has 4 rings (SSSR count). The number of aryl methyl sites for hydroxylation is 1. The molecule has 1 fully saturated rings. The number of hydrogen-bond acceptors (Lipinski definition) is 2. The molecule has 1 aromatic heterocycles. The summed E-state index contributed by atoms with van der Waals surface area (Å²) in [6, 6.07) is 15.3. The Morgan fingerprint density at radius 1 is 1.08 bits per heavy atom. The topological polar surface area (TPSA) is 62.0 Å². The molecular weight excluding hydrogens is 320 g/mol. The van der Waals surface area contributed by atoms with Crippen LogP contribution >= 0.6 is 0 Å². The summed E-state index contributed by atoms with van der Waals surface area (Å²) in [6.07, 6.45) is 4.04. The first kappa shape index (κ1) is 15.4. The average Bonchev–Trinajstić information content (AvgIpc) is 3.24. The van der Waals surface area contributed by atoms with Crippen LogP contribution in [0.3, 0.4) is 0 Å². The minimum Gasteiger partial charge on any atom is -0.361 e. The molecule has 0 aliphatic heterocycles. The van der Waals surface area contributed by atoms with Crippen LogP contribution in [0.25, 0.3) is 10.9 Å². The van der Waals surface area contributed by atoms with Gasteiger partial charge in [-0.15, -0.1) is 0 Å². The smallest absolute Gasteiger partial charge is 0.240 e. The first-order valence-corrected chi connectivity index (χ1v) is 9.62. The van der Waals surface area contributed by atoms with E-state index in [1.165, 1.54) is 10.9 Å². The van der Waals surface area contributed by atoms with Crippen LogP contribution in [-0.2, 0) is 15.4 Å². The van der Waals surface area contributed by atoms with Crippen LogP contribution in [0, 0.1) is 6.92 Å². The van der Waals surface area contributed by atoms with E-state index in [1.54, 1.807) is 12.1 Å². The number of benzene rings is 2. The Kier molecular flexibility index (Phi) is 3.51. The minimum absolute atomic E-state index is 0.0879. The van der Waals surface area contributed by atoms with Crippen molar-refractivity contribution >= 4 is 20.9 Å². The lowest BCUT2D eigenvalue weighted by Gasteiger charge is -2.16. The Morgan fingerprint density at radius 3 is 2.54 bits per heavy atom. The summed E-state index contributed by atoms with van der Waals surface area (Å²) < 4.78 is 28.1. The maximum Gasteiger partial charge on any atom is 0.240 e. The van der Waals surface area contributed by atoms with Crippen LogP contribution in [0.5, 0.6) is 0 Å². The number of hydrogen-bond donors (Lipinski definition) is 2. The number of aromatic amines is 1. The highest BCUT2D eigenvalue weighted by Gasteiger charge is 2.46. The lowest BCUT2D eigenvalue weighted by molar-refractivity contribution is 0.567. The number of para-hydroxylation sites is 1. The second-order valence-corrected chi connectivity index (χ2v) is 8.35. The third kappa shape index (κ3) is 2.54. The molecule has 124 valence electrons. The van der Waals surface area contributed by atoms with Gasteiger partial charge in [0, 0.05) is 29.1 Å². The van der Waals surface area contributed by atoms with Gasteiger partial charge in [0.2, 0.25) is 10.0 Å². The third-order valence-electron chi connectivity index (χ3n) is 5.00. The van der Waals surface area contributed by atoms with Gasteiger partial charge >= 0.3 is 0 Å². The van der Waals surface area contributed by atoms with Gasteiger partial charge in [-0.05, 0) is 43.0 Å². The van der Waals surface area contributed by atoms with Gasteiger partial charge in [-0.3, -0.25) is 0 Å². The van der Waals surface area contributed by atoms with Crippen molar-refractivity contribution in [1.29, 1.82) is 0 Å². The van der Waals surface area contributed by atoms with E-state index in [-0.39, 0.29) is 5.41 Å². The average molecular weight is 340 g/mol. The maximum absolute atomic E-state index is 12.6. The number of rotatable bonds is 5. The van der Waals surface area contributed by atoms with Crippen molar-refractivity contribution < 1.29 is 8.42 Å². The highest BCUT2D eigenvalue weighted by atomic mass is 32.2. The van der Waals surface area contributed by atoms with Gasteiger partial charge in [-0.25, -0.2) is 13.1 Å². The predicted molar refractivity (Wildman–Crippen MR) is 95.6 cm³/mol. The zero-order chi connectivity index (χ0) is 16.8. The Balaban J connectivity index is 1.61. The molecule has 0 spiro atoms. The van der Waals surface area contributed by atoms with Crippen molar-refractivity contribution in [2.24, 2.45) is 0 Å². The third-order valence-corrected chi connectivity index (χ3v) is 6.56. The molecule has 24 heavy (non-hydrogen) atoms. The largest absolute Gasteiger partial charge is 0.361 e. The molecule has 0 saturated heterocycles. The first-order chi connectivity index (χ1) is 11.5. The predicted octanol–water partition coefficient (Wildman–Crippen LogP) is 3.49. The van der Waals surface area contributed by atoms with Crippen LogP contribution in [0.15, 0.2) is 59.6 Å². The molecule has 4 nitrogen and oxygen atoms in total. The Labute approximate surface area is 142 Å². The van der Waals surface area contributed by atoms with Crippen LogP contribution in [0.2, 0.25) is 0 Å². The molecule has 0 atom stereocenters. The minimum atomic E-state index is -3.49. The number of fused-ring (bicyclic) bond motifs is 1. The van der Waals surface area contributed by atoms with E-state index in [0.717, 1.165) is 23.9 Å². The van der Waals surface area contributed by atoms with Gasteiger partial charge in [0.25, 0.3) is 0 Å². The second-order valence-electron chi connectivity index (χ2n) is 6.62. The van der Waals surface area contributed by atoms with Gasteiger partial charge in [-0.2, -0.15) is 0 Å². The lowest BCUT2D eigenvalue weighted by Crippen LogP contribution is -2.32. The highest BCUT2D eigenvalue weighted by molar-refractivity contribution is 7.89. The number of sulfonamides is 1. The number of nitrogens with one attached hydrogen (secondary N) is 2. The van der Waals surface area contributed by atoms with E-state index < -0.39 is 10.0 Å².